The van der Waals surface area contributed by atoms with E-state index in [0.29, 0.717) is 6.42 Å². The van der Waals surface area contributed by atoms with Crippen molar-refractivity contribution in [1.82, 2.24) is 4.98 Å². The number of esters is 1. The van der Waals surface area contributed by atoms with Crippen LogP contribution in [0.2, 0.25) is 0 Å². The summed E-state index contributed by atoms with van der Waals surface area (Å²) in [5, 5.41) is 2.57. The summed E-state index contributed by atoms with van der Waals surface area (Å²) in [7, 11) is 0. The van der Waals surface area contributed by atoms with Crippen molar-refractivity contribution in [2.75, 3.05) is 25.1 Å². The van der Waals surface area contributed by atoms with Crippen LogP contribution in [0.5, 0.6) is 0 Å². The summed E-state index contributed by atoms with van der Waals surface area (Å²) < 4.78 is 48.0. The van der Waals surface area contributed by atoms with E-state index in [-0.39, 0.29) is 24.6 Å². The first kappa shape index (κ1) is 17.4. The number of hydrogen-bond acceptors (Lipinski definition) is 4. The molecule has 0 aliphatic carbocycles. The van der Waals surface area contributed by atoms with E-state index in [9.17, 15) is 18.0 Å². The molecule has 0 saturated heterocycles. The van der Waals surface area contributed by atoms with Crippen molar-refractivity contribution >= 4 is 11.7 Å². The number of aromatic amines is 1. The predicted molar refractivity (Wildman–Crippen MR) is 71.3 cm³/mol. The van der Waals surface area contributed by atoms with Crippen LogP contribution in [0.3, 0.4) is 0 Å². The first-order chi connectivity index (χ1) is 9.90. The summed E-state index contributed by atoms with van der Waals surface area (Å²) in [5.41, 5.74) is 0.344. The Hall–Kier alpha value is -1.70. The van der Waals surface area contributed by atoms with E-state index in [2.05, 4.69) is 10.3 Å². The largest absolute Gasteiger partial charge is 0.461 e. The molecule has 0 saturated carbocycles. The molecule has 1 aromatic rings. The van der Waals surface area contributed by atoms with Gasteiger partial charge in [-0.05, 0) is 19.4 Å². The van der Waals surface area contributed by atoms with E-state index < -0.39 is 24.8 Å². The molecule has 8 heteroatoms. The van der Waals surface area contributed by atoms with Crippen molar-refractivity contribution in [1.29, 1.82) is 0 Å². The zero-order valence-electron chi connectivity index (χ0n) is 11.9. The van der Waals surface area contributed by atoms with Crippen LogP contribution >= 0.6 is 0 Å². The summed E-state index contributed by atoms with van der Waals surface area (Å²) in [6.45, 7) is 3.09. The highest BCUT2D eigenvalue weighted by Crippen LogP contribution is 2.24. The van der Waals surface area contributed by atoms with Gasteiger partial charge in [0.2, 0.25) is 0 Å². The molecule has 0 bridgehead atoms. The molecule has 1 heterocycles. The summed E-state index contributed by atoms with van der Waals surface area (Å²) >= 11 is 0. The fraction of sp³-hybridized carbons (Fsp3) is 0.615. The summed E-state index contributed by atoms with van der Waals surface area (Å²) in [4.78, 5) is 14.2. The molecule has 1 unspecified atom stereocenters. The summed E-state index contributed by atoms with van der Waals surface area (Å²) in [5.74, 6) is -0.622. The third kappa shape index (κ3) is 5.30. The number of rotatable bonds is 8. The maximum atomic E-state index is 12.8. The molecule has 0 radical (unpaired) electrons. The van der Waals surface area contributed by atoms with Gasteiger partial charge in [-0.15, -0.1) is 0 Å². The van der Waals surface area contributed by atoms with Gasteiger partial charge in [0.1, 0.15) is 5.69 Å². The number of ether oxygens (including phenoxy) is 2. The third-order valence-corrected chi connectivity index (χ3v) is 2.59. The Labute approximate surface area is 120 Å². The van der Waals surface area contributed by atoms with Gasteiger partial charge in [-0.1, -0.05) is 6.92 Å². The number of carbonyl (C=O) groups excluding carboxylic acids is 1. The van der Waals surface area contributed by atoms with Crippen LogP contribution in [0.25, 0.3) is 0 Å². The number of anilines is 1. The van der Waals surface area contributed by atoms with E-state index in [1.165, 1.54) is 12.3 Å². The van der Waals surface area contributed by atoms with Crippen molar-refractivity contribution in [2.24, 2.45) is 0 Å². The zero-order valence-corrected chi connectivity index (χ0v) is 11.9. The van der Waals surface area contributed by atoms with E-state index in [0.717, 1.165) is 0 Å². The SMILES string of the molecule is CCCOC(CNc1cc[nH]c1C(=O)OCC)C(F)(F)F. The number of alkyl halides is 3. The minimum Gasteiger partial charge on any atom is -0.461 e. The second-order valence-corrected chi connectivity index (χ2v) is 4.27. The molecule has 1 aromatic heterocycles. The Morgan fingerprint density at radius 3 is 2.71 bits per heavy atom. The number of halogens is 3. The molecule has 21 heavy (non-hydrogen) atoms. The fourth-order valence-corrected chi connectivity index (χ4v) is 1.62. The smallest absolute Gasteiger partial charge is 0.416 e. The lowest BCUT2D eigenvalue weighted by molar-refractivity contribution is -0.215. The van der Waals surface area contributed by atoms with Gasteiger partial charge < -0.3 is 19.8 Å². The first-order valence-corrected chi connectivity index (χ1v) is 6.66. The molecule has 0 fully saturated rings. The minimum atomic E-state index is -4.47. The summed E-state index contributed by atoms with van der Waals surface area (Å²) in [6, 6.07) is 1.47. The highest BCUT2D eigenvalue weighted by Gasteiger charge is 2.40. The van der Waals surface area contributed by atoms with Crippen LogP contribution in [0.4, 0.5) is 18.9 Å². The van der Waals surface area contributed by atoms with E-state index in [4.69, 9.17) is 9.47 Å². The Bertz CT molecular complexity index is 446. The Morgan fingerprint density at radius 2 is 2.14 bits per heavy atom. The van der Waals surface area contributed by atoms with Crippen molar-refractivity contribution in [3.05, 3.63) is 18.0 Å². The van der Waals surface area contributed by atoms with Crippen LogP contribution < -0.4 is 5.32 Å². The van der Waals surface area contributed by atoms with Gasteiger partial charge in [0.25, 0.3) is 0 Å². The predicted octanol–water partition coefficient (Wildman–Crippen LogP) is 2.96. The quantitative estimate of drug-likeness (QED) is 0.725. The highest BCUT2D eigenvalue weighted by molar-refractivity contribution is 5.93. The normalized spacial score (nSPS) is 13.0. The van der Waals surface area contributed by atoms with Gasteiger partial charge in [0.05, 0.1) is 18.8 Å². The van der Waals surface area contributed by atoms with Crippen LogP contribution in [0, 0.1) is 0 Å². The average molecular weight is 308 g/mol. The molecule has 5 nitrogen and oxygen atoms in total. The lowest BCUT2D eigenvalue weighted by Crippen LogP contribution is -2.38. The fourth-order valence-electron chi connectivity index (χ4n) is 1.62. The number of H-pyrrole nitrogens is 1. The molecule has 0 aromatic carbocycles. The van der Waals surface area contributed by atoms with Crippen LogP contribution in [0.1, 0.15) is 30.8 Å². The van der Waals surface area contributed by atoms with Crippen molar-refractivity contribution in [2.45, 2.75) is 32.5 Å². The van der Waals surface area contributed by atoms with E-state index >= 15 is 0 Å². The van der Waals surface area contributed by atoms with Gasteiger partial charge in [0.15, 0.2) is 6.10 Å². The average Bonchev–Trinajstić information content (AvgIpc) is 2.86. The van der Waals surface area contributed by atoms with E-state index in [1.807, 2.05) is 0 Å². The molecular formula is C13H19F3N2O3. The van der Waals surface area contributed by atoms with Crippen LogP contribution in [-0.2, 0) is 9.47 Å². The van der Waals surface area contributed by atoms with E-state index in [1.54, 1.807) is 13.8 Å². The zero-order chi connectivity index (χ0) is 15.9. The number of hydrogen-bond donors (Lipinski definition) is 2. The van der Waals surface area contributed by atoms with Crippen LogP contribution in [0.15, 0.2) is 12.3 Å². The third-order valence-electron chi connectivity index (χ3n) is 2.59. The van der Waals surface area contributed by atoms with Crippen molar-refractivity contribution < 1.29 is 27.4 Å². The maximum Gasteiger partial charge on any atom is 0.416 e. The minimum absolute atomic E-state index is 0.0176. The molecular weight excluding hydrogens is 289 g/mol. The number of aromatic nitrogens is 1. The van der Waals surface area contributed by atoms with Crippen molar-refractivity contribution in [3.8, 4) is 0 Å². The Morgan fingerprint density at radius 1 is 1.43 bits per heavy atom. The molecule has 2 N–H and O–H groups in total. The molecule has 0 spiro atoms. The lowest BCUT2D eigenvalue weighted by atomic mass is 10.3. The molecule has 1 atom stereocenters. The van der Waals surface area contributed by atoms with Gasteiger partial charge in [-0.25, -0.2) is 4.79 Å². The van der Waals surface area contributed by atoms with Gasteiger partial charge >= 0.3 is 12.1 Å². The first-order valence-electron chi connectivity index (χ1n) is 6.66. The van der Waals surface area contributed by atoms with Gasteiger partial charge in [-0.2, -0.15) is 13.2 Å². The molecule has 0 amide bonds. The Kier molecular flexibility index (Phi) is 6.54. The molecule has 0 aliphatic rings. The van der Waals surface area contributed by atoms with Gasteiger partial charge in [0, 0.05) is 12.8 Å². The Balaban J connectivity index is 2.68. The van der Waals surface area contributed by atoms with Crippen molar-refractivity contribution in [3.63, 3.8) is 0 Å². The monoisotopic (exact) mass is 308 g/mol. The topological polar surface area (TPSA) is 63.3 Å². The second kappa shape index (κ2) is 7.92. The maximum absolute atomic E-state index is 12.8. The highest BCUT2D eigenvalue weighted by atomic mass is 19.4. The van der Waals surface area contributed by atoms with Gasteiger partial charge in [-0.3, -0.25) is 0 Å². The second-order valence-electron chi connectivity index (χ2n) is 4.27. The number of nitrogens with one attached hydrogen (secondary N) is 2. The summed E-state index contributed by atoms with van der Waals surface area (Å²) in [6.07, 6.45) is -4.46. The standard InChI is InChI=1S/C13H19F3N2O3/c1-3-7-21-10(13(14,15)16)8-18-9-5-6-17-11(9)12(19)20-4-2/h5-6,10,17-18H,3-4,7-8H2,1-2H3. The molecule has 0 aliphatic heterocycles. The van der Waals surface area contributed by atoms with Crippen LogP contribution in [-0.4, -0.2) is 43.0 Å². The number of carbonyl (C=O) groups is 1. The molecule has 120 valence electrons. The molecule has 1 rings (SSSR count). The lowest BCUT2D eigenvalue weighted by Gasteiger charge is -2.21.